The summed E-state index contributed by atoms with van der Waals surface area (Å²) >= 11 is 0. The number of ether oxygens (including phenoxy) is 1. The van der Waals surface area contributed by atoms with Crippen molar-refractivity contribution in [3.63, 3.8) is 0 Å². The number of nitrogens with two attached hydrogens (primary N) is 1. The molecule has 29 heavy (non-hydrogen) atoms. The Hall–Kier alpha value is -3.78. The Morgan fingerprint density at radius 1 is 1.10 bits per heavy atom. The van der Waals surface area contributed by atoms with Crippen molar-refractivity contribution in [2.45, 2.75) is 19.9 Å². The molecule has 1 atom stereocenters. The maximum absolute atomic E-state index is 12.7. The van der Waals surface area contributed by atoms with E-state index >= 15 is 0 Å². The lowest BCUT2D eigenvalue weighted by molar-refractivity contribution is -0.144. The number of aryl methyl sites for hydroxylation is 1. The highest BCUT2D eigenvalue weighted by Crippen LogP contribution is 2.29. The average molecular weight is 385 g/mol. The van der Waals surface area contributed by atoms with Gasteiger partial charge in [-0.3, -0.25) is 0 Å². The van der Waals surface area contributed by atoms with Crippen LogP contribution in [-0.2, 0) is 9.53 Å². The van der Waals surface area contributed by atoms with Gasteiger partial charge in [-0.1, -0.05) is 29.8 Å². The Balaban J connectivity index is 2.00. The quantitative estimate of drug-likeness (QED) is 0.468. The number of rotatable bonds is 6. The van der Waals surface area contributed by atoms with Gasteiger partial charge in [0.1, 0.15) is 0 Å². The molecule has 3 N–H and O–H groups in total. The summed E-state index contributed by atoms with van der Waals surface area (Å²) in [5.41, 5.74) is 11.7. The van der Waals surface area contributed by atoms with Gasteiger partial charge in [0.2, 0.25) is 0 Å². The SMILES string of the molecule is CCOC(=O)C(Nc1ccc(C#N)cc1)c1cc(C)cc(-c2cccc(N)c2)c1. The van der Waals surface area contributed by atoms with Gasteiger partial charge in [0.15, 0.2) is 6.04 Å². The van der Waals surface area contributed by atoms with Gasteiger partial charge in [0, 0.05) is 11.4 Å². The molecule has 146 valence electrons. The summed E-state index contributed by atoms with van der Waals surface area (Å²) in [5, 5.41) is 12.2. The molecule has 3 aromatic rings. The number of nitrogens with one attached hydrogen (secondary N) is 1. The molecule has 0 aromatic heterocycles. The third-order valence-electron chi connectivity index (χ3n) is 4.50. The molecule has 0 fully saturated rings. The van der Waals surface area contributed by atoms with Crippen LogP contribution in [0.1, 0.15) is 29.7 Å². The first kappa shape index (κ1) is 20.0. The number of benzene rings is 3. The Kier molecular flexibility index (Phi) is 6.16. The van der Waals surface area contributed by atoms with E-state index in [1.807, 2.05) is 43.3 Å². The highest BCUT2D eigenvalue weighted by atomic mass is 16.5. The van der Waals surface area contributed by atoms with E-state index in [-0.39, 0.29) is 12.6 Å². The zero-order valence-electron chi connectivity index (χ0n) is 16.5. The maximum Gasteiger partial charge on any atom is 0.333 e. The van der Waals surface area contributed by atoms with Crippen LogP contribution in [0.5, 0.6) is 0 Å². The largest absolute Gasteiger partial charge is 0.464 e. The summed E-state index contributed by atoms with van der Waals surface area (Å²) in [6, 6.07) is 22.0. The van der Waals surface area contributed by atoms with Gasteiger partial charge in [0.05, 0.1) is 18.2 Å². The van der Waals surface area contributed by atoms with Crippen LogP contribution in [0.2, 0.25) is 0 Å². The second kappa shape index (κ2) is 8.94. The molecule has 0 saturated heterocycles. The van der Waals surface area contributed by atoms with Crippen molar-refractivity contribution >= 4 is 17.3 Å². The van der Waals surface area contributed by atoms with E-state index in [1.54, 1.807) is 31.2 Å². The van der Waals surface area contributed by atoms with Crippen LogP contribution in [0, 0.1) is 18.3 Å². The highest BCUT2D eigenvalue weighted by Gasteiger charge is 2.23. The molecule has 3 aromatic carbocycles. The lowest BCUT2D eigenvalue weighted by atomic mass is 9.96. The molecule has 0 spiro atoms. The summed E-state index contributed by atoms with van der Waals surface area (Å²) < 4.78 is 5.31. The summed E-state index contributed by atoms with van der Waals surface area (Å²) in [7, 11) is 0. The molecule has 5 nitrogen and oxygen atoms in total. The third-order valence-corrected chi connectivity index (χ3v) is 4.50. The number of carbonyl (C=O) groups excluding carboxylic acids is 1. The number of nitrogen functional groups attached to an aromatic ring is 1. The first-order valence-electron chi connectivity index (χ1n) is 9.41. The van der Waals surface area contributed by atoms with Crippen molar-refractivity contribution < 1.29 is 9.53 Å². The van der Waals surface area contributed by atoms with Crippen molar-refractivity contribution in [2.24, 2.45) is 0 Å². The first-order valence-corrected chi connectivity index (χ1v) is 9.41. The van der Waals surface area contributed by atoms with E-state index < -0.39 is 6.04 Å². The number of anilines is 2. The monoisotopic (exact) mass is 385 g/mol. The molecule has 0 aliphatic rings. The zero-order chi connectivity index (χ0) is 20.8. The molecule has 5 heteroatoms. The first-order chi connectivity index (χ1) is 14.0. The highest BCUT2D eigenvalue weighted by molar-refractivity contribution is 5.82. The lowest BCUT2D eigenvalue weighted by Crippen LogP contribution is -2.23. The van der Waals surface area contributed by atoms with Crippen molar-refractivity contribution in [1.29, 1.82) is 5.26 Å². The number of hydrogen-bond acceptors (Lipinski definition) is 5. The fraction of sp³-hybridized carbons (Fsp3) is 0.167. The topological polar surface area (TPSA) is 88.1 Å². The minimum absolute atomic E-state index is 0.290. The van der Waals surface area contributed by atoms with Gasteiger partial charge in [0.25, 0.3) is 0 Å². The molecular weight excluding hydrogens is 362 g/mol. The fourth-order valence-electron chi connectivity index (χ4n) is 3.18. The average Bonchev–Trinajstić information content (AvgIpc) is 2.72. The van der Waals surface area contributed by atoms with Gasteiger partial charge in [-0.15, -0.1) is 0 Å². The van der Waals surface area contributed by atoms with E-state index in [2.05, 4.69) is 17.5 Å². The summed E-state index contributed by atoms with van der Waals surface area (Å²) in [5.74, 6) is -0.360. The standard InChI is InChI=1S/C24H23N3O2/c1-3-29-24(28)23(27-22-9-7-17(15-25)8-10-22)20-12-16(2)11-19(13-20)18-5-4-6-21(26)14-18/h4-14,23,27H,3,26H2,1-2H3. The number of esters is 1. The molecule has 0 amide bonds. The Morgan fingerprint density at radius 2 is 1.86 bits per heavy atom. The van der Waals surface area contributed by atoms with E-state index in [9.17, 15) is 4.79 Å². The second-order valence-corrected chi connectivity index (χ2v) is 6.78. The zero-order valence-corrected chi connectivity index (χ0v) is 16.5. The van der Waals surface area contributed by atoms with Crippen LogP contribution in [0.15, 0.2) is 66.7 Å². The molecule has 0 saturated carbocycles. The summed E-state index contributed by atoms with van der Waals surface area (Å²) in [6.07, 6.45) is 0. The number of carbonyl (C=O) groups is 1. The molecular formula is C24H23N3O2. The Morgan fingerprint density at radius 3 is 2.52 bits per heavy atom. The minimum Gasteiger partial charge on any atom is -0.464 e. The van der Waals surface area contributed by atoms with Crippen LogP contribution >= 0.6 is 0 Å². The normalized spacial score (nSPS) is 11.3. The molecule has 1 unspecified atom stereocenters. The smallest absolute Gasteiger partial charge is 0.333 e. The summed E-state index contributed by atoms with van der Waals surface area (Å²) in [6.45, 7) is 4.06. The van der Waals surface area contributed by atoms with Crippen molar-refractivity contribution in [2.75, 3.05) is 17.7 Å². The van der Waals surface area contributed by atoms with Crippen LogP contribution in [0.25, 0.3) is 11.1 Å². The van der Waals surface area contributed by atoms with Crippen molar-refractivity contribution in [1.82, 2.24) is 0 Å². The second-order valence-electron chi connectivity index (χ2n) is 6.78. The lowest BCUT2D eigenvalue weighted by Gasteiger charge is -2.20. The van der Waals surface area contributed by atoms with E-state index in [0.717, 1.165) is 27.9 Å². The third kappa shape index (κ3) is 4.94. The molecule has 0 aliphatic heterocycles. The van der Waals surface area contributed by atoms with Crippen LogP contribution in [0.4, 0.5) is 11.4 Å². The van der Waals surface area contributed by atoms with Gasteiger partial charge in [-0.2, -0.15) is 5.26 Å². The van der Waals surface area contributed by atoms with E-state index in [1.165, 1.54) is 0 Å². The Labute approximate surface area is 170 Å². The molecule has 0 bridgehead atoms. The summed E-state index contributed by atoms with van der Waals surface area (Å²) in [4.78, 5) is 12.7. The van der Waals surface area contributed by atoms with Gasteiger partial charge in [-0.05, 0) is 73.0 Å². The predicted octanol–water partition coefficient (Wildman–Crippen LogP) is 4.83. The maximum atomic E-state index is 12.7. The van der Waals surface area contributed by atoms with Crippen molar-refractivity contribution in [3.05, 3.63) is 83.4 Å². The van der Waals surface area contributed by atoms with Crippen molar-refractivity contribution in [3.8, 4) is 17.2 Å². The minimum atomic E-state index is -0.678. The van der Waals surface area contributed by atoms with E-state index in [4.69, 9.17) is 15.7 Å². The van der Waals surface area contributed by atoms with Crippen LogP contribution < -0.4 is 11.1 Å². The number of nitrogens with zero attached hydrogens (tertiary/aromatic N) is 1. The number of nitriles is 1. The Bertz CT molecular complexity index is 1050. The fourth-order valence-corrected chi connectivity index (χ4v) is 3.18. The van der Waals surface area contributed by atoms with E-state index in [0.29, 0.717) is 11.3 Å². The van der Waals surface area contributed by atoms with Gasteiger partial charge in [-0.25, -0.2) is 4.79 Å². The van der Waals surface area contributed by atoms with Crippen LogP contribution in [-0.4, -0.2) is 12.6 Å². The molecule has 3 rings (SSSR count). The molecule has 0 radical (unpaired) electrons. The molecule has 0 aliphatic carbocycles. The predicted molar refractivity (Wildman–Crippen MR) is 115 cm³/mol. The number of hydrogen-bond donors (Lipinski definition) is 2. The molecule has 0 heterocycles. The van der Waals surface area contributed by atoms with Crippen LogP contribution in [0.3, 0.4) is 0 Å². The van der Waals surface area contributed by atoms with Gasteiger partial charge >= 0.3 is 5.97 Å². The van der Waals surface area contributed by atoms with Gasteiger partial charge < -0.3 is 15.8 Å².